The van der Waals surface area contributed by atoms with Gasteiger partial charge in [-0.2, -0.15) is 0 Å². The van der Waals surface area contributed by atoms with Gasteiger partial charge in [0.15, 0.2) is 0 Å². The molecule has 0 bridgehead atoms. The van der Waals surface area contributed by atoms with Crippen LogP contribution in [-0.2, 0) is 0 Å². The summed E-state index contributed by atoms with van der Waals surface area (Å²) in [5.74, 6) is 7.56. The van der Waals surface area contributed by atoms with E-state index in [2.05, 4.69) is 25.7 Å². The zero-order valence-electron chi connectivity index (χ0n) is 11.8. The molecule has 2 aromatic carbocycles. The molecule has 0 radical (unpaired) electrons. The molecule has 0 aliphatic carbocycles. The molecule has 0 fully saturated rings. The maximum atomic E-state index is 5.65. The third-order valence-corrected chi connectivity index (χ3v) is 2.66. The lowest BCUT2D eigenvalue weighted by Crippen LogP contribution is -1.88. The Kier molecular flexibility index (Phi) is 5.03. The highest BCUT2D eigenvalue weighted by Crippen LogP contribution is 2.17. The molecule has 0 aliphatic heterocycles. The average molecular weight is 262 g/mol. The zero-order chi connectivity index (χ0) is 14.2. The molecule has 0 heterocycles. The Balaban J connectivity index is 2.18. The standard InChI is InChI=1S/C19H18O/c1-16(2)14-15-20-19-11-7-6-10-18(19)13-12-17-8-4-3-5-9-17/h3-11,14-16H,1-2H3. The van der Waals surface area contributed by atoms with Crippen molar-refractivity contribution in [3.05, 3.63) is 78.1 Å². The minimum Gasteiger partial charge on any atom is -0.464 e. The van der Waals surface area contributed by atoms with Crippen LogP contribution in [0.3, 0.4) is 0 Å². The van der Waals surface area contributed by atoms with Gasteiger partial charge in [0.2, 0.25) is 0 Å². The van der Waals surface area contributed by atoms with E-state index in [-0.39, 0.29) is 0 Å². The summed E-state index contributed by atoms with van der Waals surface area (Å²) in [7, 11) is 0. The highest BCUT2D eigenvalue weighted by molar-refractivity contribution is 5.49. The molecule has 0 aliphatic rings. The van der Waals surface area contributed by atoms with Gasteiger partial charge in [-0.15, -0.1) is 0 Å². The van der Waals surface area contributed by atoms with Crippen molar-refractivity contribution in [2.75, 3.05) is 0 Å². The molecule has 0 atom stereocenters. The third-order valence-electron chi connectivity index (χ3n) is 2.66. The minimum atomic E-state index is 0.470. The van der Waals surface area contributed by atoms with Crippen LogP contribution in [0.5, 0.6) is 5.75 Å². The Bertz CT molecular complexity index is 628. The first-order chi connectivity index (χ1) is 9.75. The molecule has 0 amide bonds. The number of hydrogen-bond donors (Lipinski definition) is 0. The second-order valence-electron chi connectivity index (χ2n) is 4.80. The molecule has 20 heavy (non-hydrogen) atoms. The zero-order valence-corrected chi connectivity index (χ0v) is 11.8. The van der Waals surface area contributed by atoms with Crippen molar-refractivity contribution in [3.63, 3.8) is 0 Å². The molecule has 2 rings (SSSR count). The van der Waals surface area contributed by atoms with E-state index in [0.717, 1.165) is 16.9 Å². The highest BCUT2D eigenvalue weighted by atomic mass is 16.5. The summed E-state index contributed by atoms with van der Waals surface area (Å²) in [6.07, 6.45) is 3.75. The fraction of sp³-hybridized carbons (Fsp3) is 0.158. The first-order valence-electron chi connectivity index (χ1n) is 6.75. The third kappa shape index (κ3) is 4.33. The van der Waals surface area contributed by atoms with Crippen molar-refractivity contribution < 1.29 is 4.74 Å². The van der Waals surface area contributed by atoms with Crippen molar-refractivity contribution in [1.82, 2.24) is 0 Å². The van der Waals surface area contributed by atoms with Gasteiger partial charge in [0, 0.05) is 5.56 Å². The Morgan fingerprint density at radius 2 is 1.60 bits per heavy atom. The first kappa shape index (κ1) is 14.0. The maximum absolute atomic E-state index is 5.65. The minimum absolute atomic E-state index is 0.470. The van der Waals surface area contributed by atoms with Crippen molar-refractivity contribution in [1.29, 1.82) is 0 Å². The number of allylic oxidation sites excluding steroid dienone is 1. The molecular formula is C19H18O. The molecule has 1 heteroatoms. The summed E-state index contributed by atoms with van der Waals surface area (Å²) >= 11 is 0. The van der Waals surface area contributed by atoms with Gasteiger partial charge in [-0.1, -0.05) is 56.0 Å². The number of para-hydroxylation sites is 1. The lowest BCUT2D eigenvalue weighted by Gasteiger charge is -2.03. The molecule has 100 valence electrons. The topological polar surface area (TPSA) is 9.23 Å². The quantitative estimate of drug-likeness (QED) is 0.578. The summed E-state index contributed by atoms with van der Waals surface area (Å²) in [6, 6.07) is 17.8. The van der Waals surface area contributed by atoms with E-state index < -0.39 is 0 Å². The Hall–Kier alpha value is -2.46. The van der Waals surface area contributed by atoms with Gasteiger partial charge in [-0.25, -0.2) is 0 Å². The van der Waals surface area contributed by atoms with Crippen LogP contribution < -0.4 is 4.74 Å². The number of hydrogen-bond acceptors (Lipinski definition) is 1. The van der Waals surface area contributed by atoms with E-state index in [9.17, 15) is 0 Å². The fourth-order valence-electron chi connectivity index (χ4n) is 1.60. The summed E-state index contributed by atoms with van der Waals surface area (Å²) in [4.78, 5) is 0. The second kappa shape index (κ2) is 7.21. The van der Waals surface area contributed by atoms with Gasteiger partial charge in [0.1, 0.15) is 5.75 Å². The van der Waals surface area contributed by atoms with E-state index in [1.807, 2.05) is 60.7 Å². The molecule has 0 saturated carbocycles. The lowest BCUT2D eigenvalue weighted by atomic mass is 10.1. The highest BCUT2D eigenvalue weighted by Gasteiger charge is 1.98. The summed E-state index contributed by atoms with van der Waals surface area (Å²) < 4.78 is 5.65. The van der Waals surface area contributed by atoms with E-state index in [0.29, 0.717) is 5.92 Å². The SMILES string of the molecule is CC(C)C=COc1ccccc1C#Cc1ccccc1. The molecule has 0 N–H and O–H groups in total. The van der Waals surface area contributed by atoms with Crippen molar-refractivity contribution in [2.24, 2.45) is 5.92 Å². The largest absolute Gasteiger partial charge is 0.464 e. The van der Waals surface area contributed by atoms with Crippen molar-refractivity contribution >= 4 is 0 Å². The van der Waals surface area contributed by atoms with Gasteiger partial charge in [-0.3, -0.25) is 0 Å². The van der Waals surface area contributed by atoms with E-state index in [1.165, 1.54) is 0 Å². The Morgan fingerprint density at radius 1 is 0.900 bits per heavy atom. The predicted octanol–water partition coefficient (Wildman–Crippen LogP) is 4.63. The first-order valence-corrected chi connectivity index (χ1v) is 6.75. The van der Waals surface area contributed by atoms with Crippen LogP contribution in [0.2, 0.25) is 0 Å². The monoisotopic (exact) mass is 262 g/mol. The van der Waals surface area contributed by atoms with Crippen LogP contribution >= 0.6 is 0 Å². The van der Waals surface area contributed by atoms with Gasteiger partial charge in [0.25, 0.3) is 0 Å². The van der Waals surface area contributed by atoms with Crippen LogP contribution in [0, 0.1) is 17.8 Å². The predicted molar refractivity (Wildman–Crippen MR) is 83.5 cm³/mol. The van der Waals surface area contributed by atoms with Gasteiger partial charge in [0.05, 0.1) is 11.8 Å². The normalized spacial score (nSPS) is 10.3. The molecule has 2 aromatic rings. The van der Waals surface area contributed by atoms with Crippen molar-refractivity contribution in [3.8, 4) is 17.6 Å². The number of rotatable bonds is 3. The smallest absolute Gasteiger partial charge is 0.142 e. The Morgan fingerprint density at radius 3 is 2.35 bits per heavy atom. The molecule has 1 nitrogen and oxygen atoms in total. The Labute approximate surface area is 120 Å². The number of ether oxygens (including phenoxy) is 1. The van der Waals surface area contributed by atoms with Crippen LogP contribution in [0.4, 0.5) is 0 Å². The van der Waals surface area contributed by atoms with E-state index in [4.69, 9.17) is 4.74 Å². The van der Waals surface area contributed by atoms with Gasteiger partial charge in [-0.05, 0) is 36.3 Å². The van der Waals surface area contributed by atoms with Gasteiger partial charge >= 0.3 is 0 Å². The number of benzene rings is 2. The van der Waals surface area contributed by atoms with E-state index >= 15 is 0 Å². The maximum Gasteiger partial charge on any atom is 0.142 e. The van der Waals surface area contributed by atoms with Crippen LogP contribution in [0.15, 0.2) is 66.9 Å². The van der Waals surface area contributed by atoms with Crippen molar-refractivity contribution in [2.45, 2.75) is 13.8 Å². The molecule has 0 saturated heterocycles. The van der Waals surface area contributed by atoms with Crippen LogP contribution in [0.25, 0.3) is 0 Å². The van der Waals surface area contributed by atoms with Crippen LogP contribution in [-0.4, -0.2) is 0 Å². The fourth-order valence-corrected chi connectivity index (χ4v) is 1.60. The molecule has 0 aromatic heterocycles. The van der Waals surface area contributed by atoms with Gasteiger partial charge < -0.3 is 4.74 Å². The summed E-state index contributed by atoms with van der Waals surface area (Å²) in [5, 5.41) is 0. The summed E-state index contributed by atoms with van der Waals surface area (Å²) in [6.45, 7) is 4.22. The second-order valence-corrected chi connectivity index (χ2v) is 4.80. The summed E-state index contributed by atoms with van der Waals surface area (Å²) in [5.41, 5.74) is 1.89. The van der Waals surface area contributed by atoms with Crippen LogP contribution in [0.1, 0.15) is 25.0 Å². The average Bonchev–Trinajstić information content (AvgIpc) is 2.47. The molecule has 0 spiro atoms. The van der Waals surface area contributed by atoms with E-state index in [1.54, 1.807) is 6.26 Å². The lowest BCUT2D eigenvalue weighted by molar-refractivity contribution is 0.474. The molecular weight excluding hydrogens is 244 g/mol. The molecule has 0 unspecified atom stereocenters.